The third-order valence-corrected chi connectivity index (χ3v) is 4.27. The van der Waals surface area contributed by atoms with Crippen molar-refractivity contribution >= 4 is 27.3 Å². The molecule has 0 radical (unpaired) electrons. The zero-order valence-electron chi connectivity index (χ0n) is 10.1. The highest BCUT2D eigenvalue weighted by atomic mass is 32.2. The van der Waals surface area contributed by atoms with E-state index in [4.69, 9.17) is 5.14 Å². The van der Waals surface area contributed by atoms with Crippen molar-refractivity contribution in [2.75, 3.05) is 11.4 Å². The van der Waals surface area contributed by atoms with Crippen LogP contribution in [0, 0.1) is 10.1 Å². The van der Waals surface area contributed by atoms with Crippen molar-refractivity contribution in [1.82, 2.24) is 0 Å². The Labute approximate surface area is 113 Å². The van der Waals surface area contributed by atoms with E-state index in [0.29, 0.717) is 0 Å². The molecule has 108 valence electrons. The van der Waals surface area contributed by atoms with E-state index in [1.54, 1.807) is 0 Å². The summed E-state index contributed by atoms with van der Waals surface area (Å²) >= 11 is 0. The van der Waals surface area contributed by atoms with Gasteiger partial charge in [0.1, 0.15) is 5.25 Å². The van der Waals surface area contributed by atoms with Gasteiger partial charge >= 0.3 is 5.69 Å². The number of anilines is 1. The quantitative estimate of drug-likeness (QED) is 0.579. The van der Waals surface area contributed by atoms with Gasteiger partial charge < -0.3 is 10.0 Å². The van der Waals surface area contributed by atoms with Gasteiger partial charge in [-0.2, -0.15) is 0 Å². The standard InChI is InChI=1S/C10H11N3O6S/c11-20(18,19)7-4-10(15)12(5-7)6-1-2-9(14)8(3-6)13(16)17/h1-3,7,14H,4-5H2,(H2,11,18,19). The van der Waals surface area contributed by atoms with Crippen LogP contribution in [0.1, 0.15) is 6.42 Å². The Morgan fingerprint density at radius 3 is 2.60 bits per heavy atom. The number of phenolic OH excluding ortho intramolecular Hbond substituents is 1. The Balaban J connectivity index is 2.36. The van der Waals surface area contributed by atoms with E-state index in [9.17, 15) is 28.4 Å². The third-order valence-electron chi connectivity index (χ3n) is 3.02. The number of primary sulfonamides is 1. The van der Waals surface area contributed by atoms with Crippen LogP contribution in [0.25, 0.3) is 0 Å². The second-order valence-corrected chi connectivity index (χ2v) is 6.19. The molecule has 0 bridgehead atoms. The lowest BCUT2D eigenvalue weighted by molar-refractivity contribution is -0.385. The summed E-state index contributed by atoms with van der Waals surface area (Å²) in [4.78, 5) is 22.8. The molecule has 1 aromatic rings. The Morgan fingerprint density at radius 1 is 1.45 bits per heavy atom. The molecule has 2 rings (SSSR count). The molecule has 0 aromatic heterocycles. The molecule has 3 N–H and O–H groups in total. The number of rotatable bonds is 3. The fourth-order valence-electron chi connectivity index (χ4n) is 1.97. The lowest BCUT2D eigenvalue weighted by Gasteiger charge is -2.16. The number of hydrogen-bond donors (Lipinski definition) is 2. The lowest BCUT2D eigenvalue weighted by Crippen LogP contribution is -2.32. The fraction of sp³-hybridized carbons (Fsp3) is 0.300. The number of nitro groups is 1. The first kappa shape index (κ1) is 14.2. The predicted molar refractivity (Wildman–Crippen MR) is 68.6 cm³/mol. The molecule has 1 saturated heterocycles. The van der Waals surface area contributed by atoms with Crippen molar-refractivity contribution in [2.45, 2.75) is 11.7 Å². The maximum atomic E-state index is 11.8. The lowest BCUT2D eigenvalue weighted by atomic mass is 10.2. The summed E-state index contributed by atoms with van der Waals surface area (Å²) in [5, 5.41) is 24.0. The number of phenols is 1. The minimum Gasteiger partial charge on any atom is -0.502 e. The molecule has 1 amide bonds. The Kier molecular flexibility index (Phi) is 3.36. The van der Waals surface area contributed by atoms with Crippen LogP contribution in [-0.4, -0.2) is 36.1 Å². The highest BCUT2D eigenvalue weighted by molar-refractivity contribution is 7.89. The molecule has 0 saturated carbocycles. The molecule has 0 spiro atoms. The minimum atomic E-state index is -3.86. The van der Waals surface area contributed by atoms with Crippen LogP contribution < -0.4 is 10.0 Å². The van der Waals surface area contributed by atoms with Crippen molar-refractivity contribution in [1.29, 1.82) is 0 Å². The van der Waals surface area contributed by atoms with Crippen LogP contribution >= 0.6 is 0 Å². The van der Waals surface area contributed by atoms with Crippen molar-refractivity contribution in [3.05, 3.63) is 28.3 Å². The molecule has 1 fully saturated rings. The van der Waals surface area contributed by atoms with Gasteiger partial charge in [0, 0.05) is 19.0 Å². The number of sulfonamides is 1. The molecule has 20 heavy (non-hydrogen) atoms. The third kappa shape index (κ3) is 2.56. The predicted octanol–water partition coefficient (Wildman–Crippen LogP) is -0.306. The molecule has 1 aliphatic heterocycles. The molecule has 1 heterocycles. The highest BCUT2D eigenvalue weighted by Crippen LogP contribution is 2.32. The highest BCUT2D eigenvalue weighted by Gasteiger charge is 2.37. The fourth-order valence-corrected chi connectivity index (χ4v) is 2.70. The summed E-state index contributed by atoms with van der Waals surface area (Å²) in [6.45, 7) is -0.167. The number of nitrogens with zero attached hydrogens (tertiary/aromatic N) is 2. The van der Waals surface area contributed by atoms with Gasteiger partial charge in [-0.1, -0.05) is 0 Å². The zero-order valence-corrected chi connectivity index (χ0v) is 10.9. The largest absolute Gasteiger partial charge is 0.502 e. The number of carbonyl (C=O) groups excluding carboxylic acids is 1. The van der Waals surface area contributed by atoms with Gasteiger partial charge in [-0.05, 0) is 12.1 Å². The maximum absolute atomic E-state index is 11.8. The normalized spacial score (nSPS) is 19.4. The summed E-state index contributed by atoms with van der Waals surface area (Å²) < 4.78 is 22.5. The van der Waals surface area contributed by atoms with Crippen molar-refractivity contribution in [3.8, 4) is 5.75 Å². The van der Waals surface area contributed by atoms with Crippen molar-refractivity contribution in [3.63, 3.8) is 0 Å². The molecule has 10 heteroatoms. The zero-order chi connectivity index (χ0) is 15.1. The number of nitrogens with two attached hydrogens (primary N) is 1. The first-order valence-corrected chi connectivity index (χ1v) is 7.10. The molecular formula is C10H11N3O6S. The molecular weight excluding hydrogens is 290 g/mol. The van der Waals surface area contributed by atoms with Gasteiger partial charge in [-0.15, -0.1) is 0 Å². The summed E-state index contributed by atoms with van der Waals surface area (Å²) in [5.74, 6) is -1.03. The average Bonchev–Trinajstić information content (AvgIpc) is 2.71. The van der Waals surface area contributed by atoms with Crippen LogP contribution in [0.5, 0.6) is 5.75 Å². The summed E-state index contributed by atoms with van der Waals surface area (Å²) in [5.41, 5.74) is -0.417. The minimum absolute atomic E-state index is 0.144. The summed E-state index contributed by atoms with van der Waals surface area (Å²) in [7, 11) is -3.86. The van der Waals surface area contributed by atoms with E-state index >= 15 is 0 Å². The van der Waals surface area contributed by atoms with Crippen molar-refractivity contribution in [2.24, 2.45) is 5.14 Å². The van der Waals surface area contributed by atoms with Gasteiger partial charge in [-0.3, -0.25) is 14.9 Å². The van der Waals surface area contributed by atoms with Crippen molar-refractivity contribution < 1.29 is 23.2 Å². The summed E-state index contributed by atoms with van der Waals surface area (Å²) in [6, 6.07) is 3.38. The van der Waals surface area contributed by atoms with Crippen LogP contribution in [0.3, 0.4) is 0 Å². The van der Waals surface area contributed by atoms with Gasteiger partial charge in [0.25, 0.3) is 0 Å². The Morgan fingerprint density at radius 2 is 2.10 bits per heavy atom. The monoisotopic (exact) mass is 301 g/mol. The Bertz CT molecular complexity index is 686. The maximum Gasteiger partial charge on any atom is 0.312 e. The number of nitro benzene ring substituents is 1. The molecule has 0 aliphatic carbocycles. The number of aromatic hydroxyl groups is 1. The number of benzene rings is 1. The molecule has 1 atom stereocenters. The SMILES string of the molecule is NS(=O)(=O)C1CC(=O)N(c2ccc(O)c([N+](=O)[O-])c2)C1. The van der Waals surface area contributed by atoms with E-state index in [-0.39, 0.29) is 18.7 Å². The second kappa shape index (κ2) is 4.72. The number of carbonyl (C=O) groups is 1. The molecule has 1 aliphatic rings. The molecule has 9 nitrogen and oxygen atoms in total. The second-order valence-electron chi connectivity index (χ2n) is 4.35. The van der Waals surface area contributed by atoms with Crippen LogP contribution in [-0.2, 0) is 14.8 Å². The van der Waals surface area contributed by atoms with E-state index in [1.807, 2.05) is 0 Å². The number of hydrogen-bond acceptors (Lipinski definition) is 6. The Hall–Kier alpha value is -2.20. The van der Waals surface area contributed by atoms with Crippen LogP contribution in [0.2, 0.25) is 0 Å². The smallest absolute Gasteiger partial charge is 0.312 e. The first-order valence-electron chi connectivity index (χ1n) is 5.49. The summed E-state index contributed by atoms with van der Waals surface area (Å²) in [6.07, 6.45) is -0.270. The topological polar surface area (TPSA) is 144 Å². The van der Waals surface area contributed by atoms with Gasteiger partial charge in [-0.25, -0.2) is 13.6 Å². The van der Waals surface area contributed by atoms with E-state index in [2.05, 4.69) is 0 Å². The first-order chi connectivity index (χ1) is 9.20. The van der Waals surface area contributed by atoms with Crippen LogP contribution in [0.4, 0.5) is 11.4 Å². The molecule has 1 aromatic carbocycles. The molecule has 1 unspecified atom stereocenters. The van der Waals surface area contributed by atoms with Crippen LogP contribution in [0.15, 0.2) is 18.2 Å². The van der Waals surface area contributed by atoms with Gasteiger partial charge in [0.15, 0.2) is 5.75 Å². The average molecular weight is 301 g/mol. The number of amides is 1. The van der Waals surface area contributed by atoms with Gasteiger partial charge in [0.05, 0.1) is 10.6 Å². The van der Waals surface area contributed by atoms with E-state index < -0.39 is 37.5 Å². The van der Waals surface area contributed by atoms with E-state index in [1.165, 1.54) is 6.07 Å². The van der Waals surface area contributed by atoms with E-state index in [0.717, 1.165) is 17.0 Å². The van der Waals surface area contributed by atoms with Gasteiger partial charge in [0.2, 0.25) is 15.9 Å².